The summed E-state index contributed by atoms with van der Waals surface area (Å²) < 4.78 is 0.365. The predicted octanol–water partition coefficient (Wildman–Crippen LogP) is 1.31. The minimum atomic E-state index is -0.981. The Kier molecular flexibility index (Phi) is 6.58. The molecule has 0 aromatic carbocycles. The van der Waals surface area contributed by atoms with Crippen molar-refractivity contribution in [2.24, 2.45) is 5.73 Å². The number of aromatic amines is 1. The smallest absolute Gasteiger partial charge is 0.271 e. The number of H-pyrrole nitrogens is 1. The topological polar surface area (TPSA) is 134 Å². The molecular weight excluding hydrogens is 350 g/mol. The summed E-state index contributed by atoms with van der Waals surface area (Å²) in [4.78, 5) is 34.8. The molecule has 0 aliphatic carbocycles. The maximum atomic E-state index is 12.1. The number of unbranched alkanes of at least 4 members (excludes halogenated alkanes) is 2. The van der Waals surface area contributed by atoms with E-state index in [1.165, 1.54) is 18.7 Å². The van der Waals surface area contributed by atoms with Gasteiger partial charge in [-0.15, -0.1) is 0 Å². The Balaban J connectivity index is 2.19. The monoisotopic (exact) mass is 371 g/mol. The second kappa shape index (κ2) is 8.45. The van der Waals surface area contributed by atoms with Crippen LogP contribution in [-0.2, 0) is 4.79 Å². The van der Waals surface area contributed by atoms with Gasteiger partial charge in [-0.3, -0.25) is 9.59 Å². The normalized spacial score (nSPS) is 13.8. The van der Waals surface area contributed by atoms with E-state index in [1.807, 2.05) is 0 Å². The Labute approximate surface area is 147 Å². The number of amides is 1. The summed E-state index contributed by atoms with van der Waals surface area (Å²) >= 11 is 2.56. The molecule has 0 unspecified atom stereocenters. The number of carbonyl (C=O) groups excluding carboxylic acids is 1. The average molecular weight is 371 g/mol. The molecule has 2 heterocycles. The number of aliphatic hydroxyl groups is 1. The third-order valence-corrected chi connectivity index (χ3v) is 5.23. The number of fused-ring (bicyclic) bond motifs is 1. The molecule has 132 valence electrons. The quantitative estimate of drug-likeness (QED) is 0.296. The molecule has 0 bridgehead atoms. The van der Waals surface area contributed by atoms with Crippen molar-refractivity contribution in [3.63, 3.8) is 0 Å². The number of carbonyl (C=O) groups is 1. The Bertz CT molecular complexity index is 758. The van der Waals surface area contributed by atoms with E-state index in [1.54, 1.807) is 0 Å². The van der Waals surface area contributed by atoms with Crippen molar-refractivity contribution in [1.29, 1.82) is 0 Å². The highest BCUT2D eigenvalue weighted by molar-refractivity contribution is 7.99. The molecule has 8 nitrogen and oxygen atoms in total. The number of nitrogens with two attached hydrogens (primary N) is 1. The highest BCUT2D eigenvalue weighted by Gasteiger charge is 2.23. The lowest BCUT2D eigenvalue weighted by Crippen LogP contribution is -2.43. The molecule has 0 spiro atoms. The average Bonchev–Trinajstić information content (AvgIpc) is 2.92. The summed E-state index contributed by atoms with van der Waals surface area (Å²) in [7, 11) is 0. The molecule has 0 radical (unpaired) electrons. The molecule has 2 rings (SSSR count). The first-order chi connectivity index (χ1) is 11.4. The van der Waals surface area contributed by atoms with E-state index in [2.05, 4.69) is 27.2 Å². The van der Waals surface area contributed by atoms with E-state index < -0.39 is 18.1 Å². The number of primary amides is 1. The van der Waals surface area contributed by atoms with Crippen molar-refractivity contribution in [2.75, 3.05) is 11.1 Å². The van der Waals surface area contributed by atoms with E-state index in [9.17, 15) is 14.7 Å². The van der Waals surface area contributed by atoms with E-state index in [4.69, 9.17) is 5.73 Å². The van der Waals surface area contributed by atoms with Crippen LogP contribution in [0.25, 0.3) is 10.3 Å². The van der Waals surface area contributed by atoms with E-state index in [0.717, 1.165) is 36.4 Å². The van der Waals surface area contributed by atoms with Gasteiger partial charge in [0.2, 0.25) is 5.91 Å². The molecule has 0 saturated carbocycles. The van der Waals surface area contributed by atoms with Crippen LogP contribution in [0, 0.1) is 0 Å². The van der Waals surface area contributed by atoms with Gasteiger partial charge in [0.1, 0.15) is 10.7 Å². The molecule has 1 amide bonds. The van der Waals surface area contributed by atoms with Crippen molar-refractivity contribution in [3.05, 3.63) is 10.4 Å². The van der Waals surface area contributed by atoms with Crippen LogP contribution in [0.2, 0.25) is 0 Å². The minimum absolute atomic E-state index is 0.267. The first kappa shape index (κ1) is 18.7. The van der Waals surface area contributed by atoms with Crippen LogP contribution < -0.4 is 16.6 Å². The Morgan fingerprint density at radius 2 is 2.21 bits per heavy atom. The third-order valence-electron chi connectivity index (χ3n) is 3.30. The van der Waals surface area contributed by atoms with Gasteiger partial charge >= 0.3 is 0 Å². The standard InChI is InChI=1S/C14H21N5O3S2/c1-3-4-5-6-23-13-17-11-9(12(22)19-13)24-14(18-11)16-8(7(2)20)10(15)21/h7-8,20H,3-6H2,1-2H3,(H2,15,21)(H2,16,17,18,19,22)/t7-,8-/m0/s1. The Morgan fingerprint density at radius 1 is 1.46 bits per heavy atom. The zero-order valence-corrected chi connectivity index (χ0v) is 15.2. The van der Waals surface area contributed by atoms with Crippen molar-refractivity contribution in [2.45, 2.75) is 50.4 Å². The summed E-state index contributed by atoms with van der Waals surface area (Å²) in [5, 5.41) is 13.2. The molecule has 2 aromatic rings. The van der Waals surface area contributed by atoms with Gasteiger partial charge in [0.25, 0.3) is 5.56 Å². The summed E-state index contributed by atoms with van der Waals surface area (Å²) in [5.74, 6) is 0.182. The molecule has 0 aliphatic heterocycles. The number of thiazole rings is 1. The van der Waals surface area contributed by atoms with Crippen LogP contribution in [-0.4, -0.2) is 43.9 Å². The molecular formula is C14H21N5O3S2. The maximum Gasteiger partial charge on any atom is 0.271 e. The SMILES string of the molecule is CCCCCSc1nc2nc(N[C@H](C(N)=O)[C@H](C)O)sc2c(=O)[nH]1. The van der Waals surface area contributed by atoms with Crippen molar-refractivity contribution in [1.82, 2.24) is 15.0 Å². The van der Waals surface area contributed by atoms with Crippen LogP contribution in [0.1, 0.15) is 33.1 Å². The number of aliphatic hydroxyl groups excluding tert-OH is 1. The number of hydrogen-bond donors (Lipinski definition) is 4. The summed E-state index contributed by atoms with van der Waals surface area (Å²) in [6.45, 7) is 3.58. The second-order valence-corrected chi connectivity index (χ2v) is 7.45. The maximum absolute atomic E-state index is 12.1. The van der Waals surface area contributed by atoms with Crippen LogP contribution in [0.15, 0.2) is 9.95 Å². The molecule has 0 fully saturated rings. The first-order valence-electron chi connectivity index (χ1n) is 7.70. The van der Waals surface area contributed by atoms with E-state index in [0.29, 0.717) is 20.6 Å². The number of thioether (sulfide) groups is 1. The van der Waals surface area contributed by atoms with Crippen LogP contribution >= 0.6 is 23.1 Å². The van der Waals surface area contributed by atoms with Crippen LogP contribution in [0.3, 0.4) is 0 Å². The Hall–Kier alpha value is -1.65. The molecule has 24 heavy (non-hydrogen) atoms. The van der Waals surface area contributed by atoms with Crippen molar-refractivity contribution in [3.8, 4) is 0 Å². The van der Waals surface area contributed by atoms with Crippen LogP contribution in [0.4, 0.5) is 5.13 Å². The van der Waals surface area contributed by atoms with Gasteiger partial charge in [0, 0.05) is 5.75 Å². The fourth-order valence-electron chi connectivity index (χ4n) is 2.03. The third kappa shape index (κ3) is 4.68. The zero-order chi connectivity index (χ0) is 17.7. The number of anilines is 1. The minimum Gasteiger partial charge on any atom is -0.391 e. The molecule has 2 aromatic heterocycles. The molecule has 0 aliphatic rings. The number of aromatic nitrogens is 3. The van der Waals surface area contributed by atoms with Crippen LogP contribution in [0.5, 0.6) is 0 Å². The van der Waals surface area contributed by atoms with E-state index >= 15 is 0 Å². The van der Waals surface area contributed by atoms with Gasteiger partial charge in [-0.05, 0) is 13.3 Å². The number of nitrogens with one attached hydrogen (secondary N) is 2. The molecule has 5 N–H and O–H groups in total. The fraction of sp³-hybridized carbons (Fsp3) is 0.571. The first-order valence-corrected chi connectivity index (χ1v) is 9.50. The number of hydrogen-bond acceptors (Lipinski definition) is 8. The lowest BCUT2D eigenvalue weighted by molar-refractivity contribution is -0.120. The number of nitrogens with zero attached hydrogens (tertiary/aromatic N) is 2. The predicted molar refractivity (Wildman–Crippen MR) is 96.6 cm³/mol. The Morgan fingerprint density at radius 3 is 2.83 bits per heavy atom. The lowest BCUT2D eigenvalue weighted by Gasteiger charge is -2.16. The highest BCUT2D eigenvalue weighted by Crippen LogP contribution is 2.24. The molecule has 0 saturated heterocycles. The molecule has 2 atom stereocenters. The van der Waals surface area contributed by atoms with Gasteiger partial charge in [-0.25, -0.2) is 4.98 Å². The zero-order valence-electron chi connectivity index (χ0n) is 13.5. The van der Waals surface area contributed by atoms with Gasteiger partial charge in [-0.2, -0.15) is 4.98 Å². The van der Waals surface area contributed by atoms with E-state index in [-0.39, 0.29) is 5.56 Å². The largest absolute Gasteiger partial charge is 0.391 e. The van der Waals surface area contributed by atoms with Gasteiger partial charge in [0.15, 0.2) is 15.9 Å². The number of rotatable bonds is 9. The summed E-state index contributed by atoms with van der Waals surface area (Å²) in [6.07, 6.45) is 2.35. The lowest BCUT2D eigenvalue weighted by atomic mass is 10.2. The van der Waals surface area contributed by atoms with Crippen molar-refractivity contribution >= 4 is 44.5 Å². The second-order valence-electron chi connectivity index (χ2n) is 5.36. The van der Waals surface area contributed by atoms with Gasteiger partial charge in [0.05, 0.1) is 6.10 Å². The van der Waals surface area contributed by atoms with Crippen molar-refractivity contribution < 1.29 is 9.90 Å². The van der Waals surface area contributed by atoms with Gasteiger partial charge in [-0.1, -0.05) is 42.9 Å². The summed E-state index contributed by atoms with van der Waals surface area (Å²) in [6, 6.07) is -0.979. The van der Waals surface area contributed by atoms with Gasteiger partial charge < -0.3 is 21.1 Å². The molecule has 10 heteroatoms. The summed E-state index contributed by atoms with van der Waals surface area (Å²) in [5.41, 5.74) is 5.29. The fourth-order valence-corrected chi connectivity index (χ4v) is 3.72. The highest BCUT2D eigenvalue weighted by atomic mass is 32.2.